The molecule has 2 aliphatic rings. The van der Waals surface area contributed by atoms with Crippen LogP contribution >= 0.6 is 11.6 Å². The van der Waals surface area contributed by atoms with Gasteiger partial charge in [-0.05, 0) is 30.7 Å². The van der Waals surface area contributed by atoms with E-state index in [1.165, 1.54) is 4.90 Å². The maximum atomic E-state index is 12.3. The Morgan fingerprint density at radius 3 is 2.91 bits per heavy atom. The summed E-state index contributed by atoms with van der Waals surface area (Å²) in [7, 11) is 1.74. The van der Waals surface area contributed by atoms with Gasteiger partial charge in [0.1, 0.15) is 6.61 Å². The van der Waals surface area contributed by atoms with Crippen molar-refractivity contribution in [1.82, 2.24) is 19.4 Å². The fourth-order valence-corrected chi connectivity index (χ4v) is 5.47. The van der Waals surface area contributed by atoms with Crippen molar-refractivity contribution in [2.75, 3.05) is 31.1 Å². The topological polar surface area (TPSA) is 104 Å². The molecule has 34 heavy (non-hydrogen) atoms. The number of ether oxygens (including phenoxy) is 1. The number of piperazine rings is 1. The number of fused-ring (bicyclic) bond motifs is 6. The van der Waals surface area contributed by atoms with E-state index < -0.39 is 6.09 Å². The van der Waals surface area contributed by atoms with E-state index in [0.717, 1.165) is 44.3 Å². The molecule has 2 aromatic heterocycles. The summed E-state index contributed by atoms with van der Waals surface area (Å²) in [6.45, 7) is 3.76. The quantitative estimate of drug-likeness (QED) is 0.432. The summed E-state index contributed by atoms with van der Waals surface area (Å²) in [5.74, 6) is 0.669. The van der Waals surface area contributed by atoms with E-state index in [0.29, 0.717) is 37.0 Å². The Labute approximate surface area is 199 Å². The van der Waals surface area contributed by atoms with E-state index >= 15 is 0 Å². The minimum Gasteiger partial charge on any atom is -0.488 e. The number of aryl methyl sites for hydroxylation is 2. The molecule has 6 rings (SSSR count). The van der Waals surface area contributed by atoms with Crippen LogP contribution in [0.2, 0.25) is 5.02 Å². The Bertz CT molecular complexity index is 1560. The lowest BCUT2D eigenvalue weighted by Gasteiger charge is -2.45. The van der Waals surface area contributed by atoms with Crippen LogP contribution in [0.3, 0.4) is 0 Å². The van der Waals surface area contributed by atoms with Crippen LogP contribution in [0, 0.1) is 6.92 Å². The third-order valence-electron chi connectivity index (χ3n) is 6.90. The summed E-state index contributed by atoms with van der Waals surface area (Å²) >= 11 is 6.88. The lowest BCUT2D eigenvalue weighted by molar-refractivity contribution is 0.123. The lowest BCUT2D eigenvalue weighted by atomic mass is 9.96. The average molecular weight is 480 g/mol. The van der Waals surface area contributed by atoms with Gasteiger partial charge in [0, 0.05) is 48.2 Å². The van der Waals surface area contributed by atoms with Gasteiger partial charge in [0.2, 0.25) is 0 Å². The second kappa shape index (κ2) is 7.39. The molecule has 4 aromatic rings. The molecule has 1 amide bonds. The number of carbonyl (C=O) groups is 1. The second-order valence-corrected chi connectivity index (χ2v) is 9.26. The zero-order valence-corrected chi connectivity index (χ0v) is 19.4. The summed E-state index contributed by atoms with van der Waals surface area (Å²) in [4.78, 5) is 34.9. The van der Waals surface area contributed by atoms with Gasteiger partial charge in [0.15, 0.2) is 5.75 Å². The monoisotopic (exact) mass is 479 g/mol. The van der Waals surface area contributed by atoms with Crippen LogP contribution in [0.1, 0.15) is 5.56 Å². The number of benzene rings is 2. The number of aromatic nitrogens is 3. The zero-order valence-electron chi connectivity index (χ0n) is 18.6. The molecule has 2 N–H and O–H groups in total. The predicted molar refractivity (Wildman–Crippen MR) is 130 cm³/mol. The van der Waals surface area contributed by atoms with Gasteiger partial charge < -0.3 is 24.6 Å². The first-order valence-electron chi connectivity index (χ1n) is 11.0. The fraction of sp³-hybridized carbons (Fsp3) is 0.292. The number of aromatic amines is 1. The van der Waals surface area contributed by atoms with Crippen LogP contribution in [0.5, 0.6) is 5.75 Å². The number of nitrogens with zero attached hydrogens (tertiary/aromatic N) is 4. The Kier molecular flexibility index (Phi) is 4.54. The first kappa shape index (κ1) is 20.9. The SMILES string of the molecule is Cc1ccc2[nH]c(=O)n(C)c2c1-c1cc2ncc3c(c2cc1Cl)N1CCN(C(=O)O)C[C@@H]1CO3. The number of imidazole rings is 1. The highest BCUT2D eigenvalue weighted by Gasteiger charge is 2.36. The van der Waals surface area contributed by atoms with E-state index in [1.807, 2.05) is 31.2 Å². The smallest absolute Gasteiger partial charge is 0.407 e. The molecule has 1 fully saturated rings. The molecule has 1 saturated heterocycles. The molecule has 9 nitrogen and oxygen atoms in total. The number of H-pyrrole nitrogens is 1. The standard InChI is InChI=1S/C24H22ClN5O4/c1-12-3-4-17-22(28(2)23(31)27-17)20(12)14-8-18-15(7-16(14)25)21-19(9-26-18)34-11-13-10-29(24(32)33)5-6-30(13)21/h3-4,7-9,13H,5-6,10-11H2,1-2H3,(H,27,31)(H,32,33)/t13-/m1/s1. The van der Waals surface area contributed by atoms with Crippen molar-refractivity contribution in [3.8, 4) is 16.9 Å². The summed E-state index contributed by atoms with van der Waals surface area (Å²) in [6, 6.07) is 7.64. The summed E-state index contributed by atoms with van der Waals surface area (Å²) in [5, 5.41) is 10.8. The average Bonchev–Trinajstić information content (AvgIpc) is 3.11. The van der Waals surface area contributed by atoms with E-state index in [9.17, 15) is 14.7 Å². The highest BCUT2D eigenvalue weighted by Crippen LogP contribution is 2.44. The van der Waals surface area contributed by atoms with E-state index in [-0.39, 0.29) is 11.7 Å². The summed E-state index contributed by atoms with van der Waals surface area (Å²) < 4.78 is 7.57. The third-order valence-corrected chi connectivity index (χ3v) is 7.22. The molecular formula is C24H22ClN5O4. The number of pyridine rings is 1. The maximum Gasteiger partial charge on any atom is 0.407 e. The second-order valence-electron chi connectivity index (χ2n) is 8.85. The van der Waals surface area contributed by atoms with Gasteiger partial charge in [0.05, 0.1) is 34.5 Å². The number of halogens is 1. The summed E-state index contributed by atoms with van der Waals surface area (Å²) in [6.07, 6.45) is 0.802. The fourth-order valence-electron chi connectivity index (χ4n) is 5.21. The largest absolute Gasteiger partial charge is 0.488 e. The van der Waals surface area contributed by atoms with E-state index in [1.54, 1.807) is 17.8 Å². The minimum absolute atomic E-state index is 0.0771. The normalized spacial score (nSPS) is 17.6. The van der Waals surface area contributed by atoms with Crippen molar-refractivity contribution < 1.29 is 14.6 Å². The molecule has 0 radical (unpaired) electrons. The van der Waals surface area contributed by atoms with Crippen LogP contribution in [-0.4, -0.2) is 62.9 Å². The maximum absolute atomic E-state index is 12.3. The van der Waals surface area contributed by atoms with Crippen LogP contribution in [0.15, 0.2) is 35.3 Å². The van der Waals surface area contributed by atoms with Crippen molar-refractivity contribution in [3.05, 3.63) is 51.5 Å². The number of nitrogens with one attached hydrogen (secondary N) is 1. The Morgan fingerprint density at radius 2 is 2.12 bits per heavy atom. The summed E-state index contributed by atoms with van der Waals surface area (Å²) in [5.41, 5.74) is 5.66. The van der Waals surface area contributed by atoms with Gasteiger partial charge in [-0.2, -0.15) is 0 Å². The van der Waals surface area contributed by atoms with Gasteiger partial charge in [-0.1, -0.05) is 17.7 Å². The molecular weight excluding hydrogens is 458 g/mol. The van der Waals surface area contributed by atoms with E-state index in [2.05, 4.69) is 14.9 Å². The number of carboxylic acid groups (broad SMARTS) is 1. The highest BCUT2D eigenvalue weighted by atomic mass is 35.5. The first-order valence-corrected chi connectivity index (χ1v) is 11.4. The van der Waals surface area contributed by atoms with Crippen molar-refractivity contribution in [2.24, 2.45) is 7.05 Å². The first-order chi connectivity index (χ1) is 16.3. The van der Waals surface area contributed by atoms with Crippen molar-refractivity contribution in [2.45, 2.75) is 13.0 Å². The Morgan fingerprint density at radius 1 is 1.29 bits per heavy atom. The molecule has 174 valence electrons. The van der Waals surface area contributed by atoms with E-state index in [4.69, 9.17) is 16.3 Å². The molecule has 10 heteroatoms. The lowest BCUT2D eigenvalue weighted by Crippen LogP contribution is -2.58. The van der Waals surface area contributed by atoms with Gasteiger partial charge in [0.25, 0.3) is 0 Å². The van der Waals surface area contributed by atoms with Crippen molar-refractivity contribution in [3.63, 3.8) is 0 Å². The van der Waals surface area contributed by atoms with Gasteiger partial charge in [-0.25, -0.2) is 9.59 Å². The number of hydrogen-bond acceptors (Lipinski definition) is 5. The van der Waals surface area contributed by atoms with Gasteiger partial charge >= 0.3 is 11.8 Å². The molecule has 0 saturated carbocycles. The minimum atomic E-state index is -0.915. The zero-order chi connectivity index (χ0) is 23.7. The predicted octanol–water partition coefficient (Wildman–Crippen LogP) is 3.60. The number of hydrogen-bond donors (Lipinski definition) is 2. The Balaban J connectivity index is 1.53. The molecule has 2 aliphatic heterocycles. The van der Waals surface area contributed by atoms with Crippen LogP contribution in [-0.2, 0) is 7.05 Å². The number of anilines is 1. The highest BCUT2D eigenvalue weighted by molar-refractivity contribution is 6.35. The molecule has 2 aromatic carbocycles. The van der Waals surface area contributed by atoms with Crippen LogP contribution in [0.4, 0.5) is 10.5 Å². The molecule has 0 unspecified atom stereocenters. The molecule has 1 atom stereocenters. The molecule has 4 heterocycles. The molecule has 0 bridgehead atoms. The third kappa shape index (κ3) is 2.96. The molecule has 0 aliphatic carbocycles. The number of amides is 1. The number of rotatable bonds is 1. The molecule has 0 spiro atoms. The van der Waals surface area contributed by atoms with Crippen molar-refractivity contribution in [1.29, 1.82) is 0 Å². The van der Waals surface area contributed by atoms with Crippen molar-refractivity contribution >= 4 is 45.3 Å². The van der Waals surface area contributed by atoms with Gasteiger partial charge in [-0.3, -0.25) is 9.55 Å². The van der Waals surface area contributed by atoms with Crippen LogP contribution in [0.25, 0.3) is 33.1 Å². The van der Waals surface area contributed by atoms with Crippen LogP contribution < -0.4 is 15.3 Å². The van der Waals surface area contributed by atoms with Gasteiger partial charge in [-0.15, -0.1) is 0 Å². The Hall–Kier alpha value is -3.72.